The Bertz CT molecular complexity index is 1190. The van der Waals surface area contributed by atoms with Crippen LogP contribution in [-0.4, -0.2) is 30.6 Å². The zero-order valence-corrected chi connectivity index (χ0v) is 16.0. The smallest absolute Gasteiger partial charge is 0.227 e. The van der Waals surface area contributed by atoms with Gasteiger partial charge < -0.3 is 15.6 Å². The number of H-pyrrole nitrogens is 1. The number of anilines is 3. The molecule has 3 N–H and O–H groups in total. The third kappa shape index (κ3) is 3.69. The van der Waals surface area contributed by atoms with Gasteiger partial charge in [0.05, 0.1) is 28.8 Å². The van der Waals surface area contributed by atoms with Crippen LogP contribution in [0.25, 0.3) is 22.2 Å². The number of aryl methyl sites for hydroxylation is 1. The zero-order valence-electron chi connectivity index (χ0n) is 16.0. The topological polar surface area (TPSA) is 101 Å². The highest BCUT2D eigenvalue weighted by atomic mass is 16.1. The minimum Gasteiger partial charge on any atom is -0.361 e. The normalized spacial score (nSPS) is 13.6. The van der Waals surface area contributed by atoms with Crippen LogP contribution in [-0.2, 0) is 11.8 Å². The number of benzene rings is 1. The van der Waals surface area contributed by atoms with Gasteiger partial charge in [-0.1, -0.05) is 0 Å². The molecular formula is C21H21N7O. The molecule has 0 spiro atoms. The van der Waals surface area contributed by atoms with E-state index < -0.39 is 0 Å². The van der Waals surface area contributed by atoms with Gasteiger partial charge in [0.25, 0.3) is 0 Å². The summed E-state index contributed by atoms with van der Waals surface area (Å²) in [5.41, 5.74) is 4.30. The predicted octanol–water partition coefficient (Wildman–Crippen LogP) is 3.84. The SMILES string of the molecule is Cn1cc(Nc2nccc(-c3ccc(NC(=O)CC4CC4)c4cc[nH]c34)n2)cn1. The Morgan fingerprint density at radius 2 is 2.17 bits per heavy atom. The van der Waals surface area contributed by atoms with Crippen molar-refractivity contribution in [1.82, 2.24) is 24.7 Å². The molecule has 8 heteroatoms. The monoisotopic (exact) mass is 387 g/mol. The number of nitrogens with one attached hydrogen (secondary N) is 3. The Balaban J connectivity index is 1.44. The van der Waals surface area contributed by atoms with Gasteiger partial charge in [0.2, 0.25) is 11.9 Å². The van der Waals surface area contributed by atoms with Crippen molar-refractivity contribution in [3.63, 3.8) is 0 Å². The number of amides is 1. The third-order valence-electron chi connectivity index (χ3n) is 5.06. The summed E-state index contributed by atoms with van der Waals surface area (Å²) in [6.45, 7) is 0. The molecule has 0 bridgehead atoms. The Morgan fingerprint density at radius 1 is 1.28 bits per heavy atom. The van der Waals surface area contributed by atoms with Gasteiger partial charge in [-0.2, -0.15) is 5.10 Å². The van der Waals surface area contributed by atoms with Gasteiger partial charge in [-0.15, -0.1) is 0 Å². The van der Waals surface area contributed by atoms with Gasteiger partial charge in [-0.3, -0.25) is 9.48 Å². The molecule has 29 heavy (non-hydrogen) atoms. The molecule has 0 unspecified atom stereocenters. The number of rotatable bonds is 6. The molecule has 1 aliphatic rings. The summed E-state index contributed by atoms with van der Waals surface area (Å²) in [7, 11) is 1.86. The molecule has 3 heterocycles. The zero-order chi connectivity index (χ0) is 19.8. The maximum absolute atomic E-state index is 12.2. The van der Waals surface area contributed by atoms with Crippen molar-refractivity contribution in [2.45, 2.75) is 19.3 Å². The first-order valence-electron chi connectivity index (χ1n) is 9.65. The first-order valence-corrected chi connectivity index (χ1v) is 9.65. The molecule has 1 aliphatic carbocycles. The largest absolute Gasteiger partial charge is 0.361 e. The van der Waals surface area contributed by atoms with Gasteiger partial charge in [0.15, 0.2) is 0 Å². The fourth-order valence-electron chi connectivity index (χ4n) is 3.45. The molecule has 1 saturated carbocycles. The van der Waals surface area contributed by atoms with Gasteiger partial charge >= 0.3 is 0 Å². The molecule has 8 nitrogen and oxygen atoms in total. The third-order valence-corrected chi connectivity index (χ3v) is 5.06. The van der Waals surface area contributed by atoms with E-state index in [0.717, 1.165) is 46.4 Å². The standard InChI is InChI=1S/C21H21N7O/c1-28-12-14(11-24-28)25-21-23-9-7-18(27-21)15-4-5-17(16-6-8-22-20(15)16)26-19(29)10-13-2-3-13/h4-9,11-13,22H,2-3,10H2,1H3,(H,26,29)(H,23,25,27). The van der Waals surface area contributed by atoms with E-state index in [1.165, 1.54) is 0 Å². The van der Waals surface area contributed by atoms with E-state index in [9.17, 15) is 4.79 Å². The fraction of sp³-hybridized carbons (Fsp3) is 0.238. The molecule has 0 atom stereocenters. The van der Waals surface area contributed by atoms with Crippen molar-refractivity contribution in [2.75, 3.05) is 10.6 Å². The molecular weight excluding hydrogens is 366 g/mol. The predicted molar refractivity (Wildman–Crippen MR) is 112 cm³/mol. The number of aromatic amines is 1. The van der Waals surface area contributed by atoms with Crippen LogP contribution in [0.5, 0.6) is 0 Å². The average molecular weight is 387 g/mol. The highest BCUT2D eigenvalue weighted by Crippen LogP contribution is 2.34. The number of hydrogen-bond donors (Lipinski definition) is 3. The highest BCUT2D eigenvalue weighted by molar-refractivity contribution is 6.06. The van der Waals surface area contributed by atoms with Crippen LogP contribution in [0.15, 0.2) is 49.1 Å². The molecule has 1 amide bonds. The Morgan fingerprint density at radius 3 is 2.97 bits per heavy atom. The lowest BCUT2D eigenvalue weighted by Crippen LogP contribution is -2.12. The van der Waals surface area contributed by atoms with Crippen molar-refractivity contribution >= 4 is 34.1 Å². The fourth-order valence-corrected chi connectivity index (χ4v) is 3.45. The summed E-state index contributed by atoms with van der Waals surface area (Å²) in [6, 6.07) is 7.76. The van der Waals surface area contributed by atoms with E-state index in [1.807, 2.05) is 43.7 Å². The van der Waals surface area contributed by atoms with Crippen LogP contribution >= 0.6 is 0 Å². The molecule has 0 aliphatic heterocycles. The summed E-state index contributed by atoms with van der Waals surface area (Å²) in [5.74, 6) is 1.13. The Hall–Kier alpha value is -3.68. The van der Waals surface area contributed by atoms with Crippen molar-refractivity contribution < 1.29 is 4.79 Å². The summed E-state index contributed by atoms with van der Waals surface area (Å²) in [5, 5.41) is 11.3. The minimum atomic E-state index is 0.0766. The maximum atomic E-state index is 12.2. The minimum absolute atomic E-state index is 0.0766. The van der Waals surface area contributed by atoms with E-state index >= 15 is 0 Å². The van der Waals surface area contributed by atoms with Crippen molar-refractivity contribution in [2.24, 2.45) is 13.0 Å². The van der Waals surface area contributed by atoms with Gasteiger partial charge in [0, 0.05) is 43.0 Å². The molecule has 4 aromatic rings. The molecule has 5 rings (SSSR count). The first-order chi connectivity index (χ1) is 14.2. The van der Waals surface area contributed by atoms with Crippen LogP contribution in [0.1, 0.15) is 19.3 Å². The Labute approximate surface area is 167 Å². The second kappa shape index (κ2) is 7.05. The van der Waals surface area contributed by atoms with Crippen LogP contribution in [0, 0.1) is 5.92 Å². The van der Waals surface area contributed by atoms with Crippen molar-refractivity contribution in [3.8, 4) is 11.3 Å². The van der Waals surface area contributed by atoms with Crippen LogP contribution < -0.4 is 10.6 Å². The summed E-state index contributed by atoms with van der Waals surface area (Å²) in [4.78, 5) is 24.5. The number of carbonyl (C=O) groups is 1. The molecule has 0 saturated heterocycles. The molecule has 1 aromatic carbocycles. The van der Waals surface area contributed by atoms with E-state index in [2.05, 4.69) is 30.7 Å². The van der Waals surface area contributed by atoms with E-state index in [1.54, 1.807) is 17.1 Å². The molecule has 0 radical (unpaired) electrons. The van der Waals surface area contributed by atoms with E-state index in [0.29, 0.717) is 18.3 Å². The summed E-state index contributed by atoms with van der Waals surface area (Å²) >= 11 is 0. The maximum Gasteiger partial charge on any atom is 0.227 e. The average Bonchev–Trinajstić information content (AvgIpc) is 3.20. The summed E-state index contributed by atoms with van der Waals surface area (Å²) in [6.07, 6.45) is 10.1. The second-order valence-corrected chi connectivity index (χ2v) is 7.42. The van der Waals surface area contributed by atoms with Crippen molar-refractivity contribution in [1.29, 1.82) is 0 Å². The van der Waals surface area contributed by atoms with E-state index in [4.69, 9.17) is 0 Å². The lowest BCUT2D eigenvalue weighted by molar-refractivity contribution is -0.116. The Kier molecular flexibility index (Phi) is 4.23. The number of fused-ring (bicyclic) bond motifs is 1. The number of hydrogen-bond acceptors (Lipinski definition) is 5. The molecule has 1 fully saturated rings. The van der Waals surface area contributed by atoms with Gasteiger partial charge in [-0.05, 0) is 43.0 Å². The summed E-state index contributed by atoms with van der Waals surface area (Å²) < 4.78 is 1.71. The number of carbonyl (C=O) groups excluding carboxylic acids is 1. The molecule has 3 aromatic heterocycles. The lowest BCUT2D eigenvalue weighted by atomic mass is 10.1. The second-order valence-electron chi connectivity index (χ2n) is 7.42. The number of nitrogens with zero attached hydrogens (tertiary/aromatic N) is 4. The van der Waals surface area contributed by atoms with Gasteiger partial charge in [-0.25, -0.2) is 9.97 Å². The van der Waals surface area contributed by atoms with Crippen LogP contribution in [0.4, 0.5) is 17.3 Å². The van der Waals surface area contributed by atoms with Crippen LogP contribution in [0.3, 0.4) is 0 Å². The van der Waals surface area contributed by atoms with Gasteiger partial charge in [0.1, 0.15) is 0 Å². The van der Waals surface area contributed by atoms with Crippen LogP contribution in [0.2, 0.25) is 0 Å². The van der Waals surface area contributed by atoms with Crippen molar-refractivity contribution in [3.05, 3.63) is 49.1 Å². The highest BCUT2D eigenvalue weighted by Gasteiger charge is 2.24. The first kappa shape index (κ1) is 17.4. The van der Waals surface area contributed by atoms with E-state index in [-0.39, 0.29) is 5.91 Å². The molecule has 146 valence electrons. The quantitative estimate of drug-likeness (QED) is 0.467. The lowest BCUT2D eigenvalue weighted by Gasteiger charge is -2.10. The number of aromatic nitrogens is 5.